The molecule has 0 spiro atoms. The van der Waals surface area contributed by atoms with E-state index in [0.717, 1.165) is 0 Å². The maximum absolute atomic E-state index is 3.58. The highest BCUT2D eigenvalue weighted by Crippen LogP contribution is 2.30. The second-order valence-electron chi connectivity index (χ2n) is 8.65. The van der Waals surface area contributed by atoms with Crippen molar-refractivity contribution in [1.82, 2.24) is 0 Å². The van der Waals surface area contributed by atoms with Gasteiger partial charge in [0.05, 0.1) is 8.07 Å². The quantitative estimate of drug-likeness (QED) is 0.310. The van der Waals surface area contributed by atoms with Crippen molar-refractivity contribution in [2.75, 3.05) is 0 Å². The molecule has 0 bridgehead atoms. The SMILES string of the molecule is C[Si](C)(C)C#CC(/C=C/c1ccccc1)=C(/c1ccccc1)[Si](C)(C)C. The molecule has 0 amide bonds. The smallest absolute Gasteiger partial charge is 0.127 e. The minimum atomic E-state index is -1.58. The van der Waals surface area contributed by atoms with Crippen LogP contribution in [0.5, 0.6) is 0 Å². The molecule has 0 aliphatic heterocycles. The Kier molecular flexibility index (Phi) is 6.64. The lowest BCUT2D eigenvalue weighted by atomic mass is 10.1. The molecule has 0 N–H and O–H groups in total. The summed E-state index contributed by atoms with van der Waals surface area (Å²) >= 11 is 0. The molecule has 0 heterocycles. The van der Waals surface area contributed by atoms with Crippen LogP contribution >= 0.6 is 0 Å². The highest BCUT2D eigenvalue weighted by atomic mass is 28.3. The molecule has 0 radical (unpaired) electrons. The van der Waals surface area contributed by atoms with Gasteiger partial charge in [0, 0.05) is 5.57 Å². The zero-order valence-corrected chi connectivity index (χ0v) is 18.9. The van der Waals surface area contributed by atoms with Gasteiger partial charge in [-0.3, -0.25) is 0 Å². The molecule has 26 heavy (non-hydrogen) atoms. The van der Waals surface area contributed by atoms with Crippen LogP contribution in [0, 0.1) is 11.5 Å². The first-order valence-electron chi connectivity index (χ1n) is 9.23. The van der Waals surface area contributed by atoms with Crippen molar-refractivity contribution in [1.29, 1.82) is 0 Å². The Bertz CT molecular complexity index is 834. The highest BCUT2D eigenvalue weighted by molar-refractivity contribution is 6.94. The lowest BCUT2D eigenvalue weighted by Crippen LogP contribution is -2.24. The van der Waals surface area contributed by atoms with Crippen molar-refractivity contribution in [2.45, 2.75) is 39.3 Å². The van der Waals surface area contributed by atoms with E-state index in [1.807, 2.05) is 0 Å². The summed E-state index contributed by atoms with van der Waals surface area (Å²) in [5.41, 5.74) is 7.29. The average molecular weight is 375 g/mol. The Morgan fingerprint density at radius 3 is 1.81 bits per heavy atom. The summed E-state index contributed by atoms with van der Waals surface area (Å²) in [5, 5.41) is 1.44. The molecule has 0 nitrogen and oxygen atoms in total. The third kappa shape index (κ3) is 6.33. The van der Waals surface area contributed by atoms with Crippen molar-refractivity contribution < 1.29 is 0 Å². The Morgan fingerprint density at radius 2 is 1.31 bits per heavy atom. The maximum Gasteiger partial charge on any atom is 0.129 e. The first kappa shape index (κ1) is 20.2. The molecule has 0 aliphatic carbocycles. The van der Waals surface area contributed by atoms with Gasteiger partial charge in [0.25, 0.3) is 0 Å². The predicted octanol–water partition coefficient (Wildman–Crippen LogP) is 6.91. The highest BCUT2D eigenvalue weighted by Gasteiger charge is 2.24. The van der Waals surface area contributed by atoms with Crippen LogP contribution in [0.3, 0.4) is 0 Å². The van der Waals surface area contributed by atoms with Gasteiger partial charge in [0.1, 0.15) is 8.07 Å². The van der Waals surface area contributed by atoms with Gasteiger partial charge in [-0.2, -0.15) is 0 Å². The van der Waals surface area contributed by atoms with Gasteiger partial charge in [-0.25, -0.2) is 0 Å². The Hall–Kier alpha value is -2.09. The lowest BCUT2D eigenvalue weighted by molar-refractivity contribution is 1.59. The number of hydrogen-bond acceptors (Lipinski definition) is 0. The van der Waals surface area contributed by atoms with Gasteiger partial charge in [-0.15, -0.1) is 5.54 Å². The van der Waals surface area contributed by atoms with Gasteiger partial charge >= 0.3 is 0 Å². The van der Waals surface area contributed by atoms with E-state index in [-0.39, 0.29) is 0 Å². The van der Waals surface area contributed by atoms with Crippen LogP contribution < -0.4 is 0 Å². The Morgan fingerprint density at radius 1 is 0.769 bits per heavy atom. The first-order chi connectivity index (χ1) is 12.2. The summed E-state index contributed by atoms with van der Waals surface area (Å²) in [6.07, 6.45) is 4.42. The first-order valence-corrected chi connectivity index (χ1v) is 16.2. The van der Waals surface area contributed by atoms with Crippen LogP contribution in [-0.4, -0.2) is 16.1 Å². The van der Waals surface area contributed by atoms with Crippen LogP contribution in [0.4, 0.5) is 0 Å². The minimum absolute atomic E-state index is 1.18. The van der Waals surface area contributed by atoms with E-state index in [9.17, 15) is 0 Å². The second kappa shape index (κ2) is 8.53. The monoisotopic (exact) mass is 374 g/mol. The topological polar surface area (TPSA) is 0 Å². The fourth-order valence-corrected chi connectivity index (χ4v) is 5.28. The van der Waals surface area contributed by atoms with E-state index in [0.29, 0.717) is 0 Å². The zero-order valence-electron chi connectivity index (χ0n) is 16.9. The van der Waals surface area contributed by atoms with Gasteiger partial charge in [-0.05, 0) is 22.4 Å². The summed E-state index contributed by atoms with van der Waals surface area (Å²) in [6.45, 7) is 14.1. The summed E-state index contributed by atoms with van der Waals surface area (Å²) < 4.78 is 0. The predicted molar refractivity (Wildman–Crippen MR) is 123 cm³/mol. The van der Waals surface area contributed by atoms with Crippen LogP contribution in [0.1, 0.15) is 11.1 Å². The number of allylic oxidation sites excluding steroid dienone is 2. The largest absolute Gasteiger partial charge is 0.129 e. The van der Waals surface area contributed by atoms with Gasteiger partial charge in [-0.1, -0.05) is 112 Å². The molecule has 2 heteroatoms. The molecule has 2 aromatic carbocycles. The summed E-state index contributed by atoms with van der Waals surface area (Å²) in [6, 6.07) is 21.3. The fraction of sp³-hybridized carbons (Fsp3) is 0.250. The van der Waals surface area contributed by atoms with Crippen LogP contribution in [-0.2, 0) is 0 Å². The standard InChI is InChI=1S/C24H30Si2/c1-25(2,3)20-19-23(18-17-21-13-9-7-10-14-21)24(26(4,5)6)22-15-11-8-12-16-22/h7-18H,1-6H3/b18-17+,24-23-. The molecule has 134 valence electrons. The molecule has 2 rings (SSSR count). The minimum Gasteiger partial charge on any atom is -0.127 e. The van der Waals surface area contributed by atoms with E-state index in [1.165, 1.54) is 21.9 Å². The summed E-state index contributed by atoms with van der Waals surface area (Å²) in [5.74, 6) is 3.57. The molecule has 0 fully saturated rings. The third-order valence-electron chi connectivity index (χ3n) is 3.90. The van der Waals surface area contributed by atoms with Crippen LogP contribution in [0.2, 0.25) is 39.3 Å². The van der Waals surface area contributed by atoms with Gasteiger partial charge < -0.3 is 0 Å². The fourth-order valence-electron chi connectivity index (χ4n) is 2.78. The van der Waals surface area contributed by atoms with E-state index < -0.39 is 16.1 Å². The van der Waals surface area contributed by atoms with E-state index in [1.54, 1.807) is 0 Å². The van der Waals surface area contributed by atoms with Gasteiger partial charge in [0.2, 0.25) is 0 Å². The Balaban J connectivity index is 2.66. The van der Waals surface area contributed by atoms with Crippen LogP contribution in [0.25, 0.3) is 11.3 Å². The second-order valence-corrected chi connectivity index (χ2v) is 18.4. The van der Waals surface area contributed by atoms with E-state index in [4.69, 9.17) is 0 Å². The molecule has 0 unspecified atom stereocenters. The van der Waals surface area contributed by atoms with Crippen molar-refractivity contribution in [3.05, 3.63) is 83.4 Å². The molecule has 0 saturated carbocycles. The molecule has 0 atom stereocenters. The van der Waals surface area contributed by atoms with Crippen molar-refractivity contribution in [3.8, 4) is 11.5 Å². The van der Waals surface area contributed by atoms with Crippen molar-refractivity contribution in [3.63, 3.8) is 0 Å². The average Bonchev–Trinajstić information content (AvgIpc) is 2.57. The van der Waals surface area contributed by atoms with Crippen LogP contribution in [0.15, 0.2) is 72.3 Å². The number of hydrogen-bond donors (Lipinski definition) is 0. The van der Waals surface area contributed by atoms with E-state index in [2.05, 4.69) is 124 Å². The van der Waals surface area contributed by atoms with Crippen molar-refractivity contribution in [2.24, 2.45) is 0 Å². The molecular weight excluding hydrogens is 344 g/mol. The summed E-state index contributed by atoms with van der Waals surface area (Å²) in [7, 11) is -3.03. The van der Waals surface area contributed by atoms with Gasteiger partial charge in [0.15, 0.2) is 0 Å². The zero-order chi connectivity index (χ0) is 19.2. The normalized spacial score (nSPS) is 13.2. The number of rotatable bonds is 4. The van der Waals surface area contributed by atoms with Crippen molar-refractivity contribution >= 4 is 27.4 Å². The molecule has 0 saturated heterocycles. The molecule has 0 aromatic heterocycles. The maximum atomic E-state index is 3.58. The lowest BCUT2D eigenvalue weighted by Gasteiger charge is -2.23. The molecular formula is C24H30Si2. The molecule has 0 aliphatic rings. The summed E-state index contributed by atoms with van der Waals surface area (Å²) in [4.78, 5) is 0. The third-order valence-corrected chi connectivity index (χ3v) is 6.83. The molecule has 2 aromatic rings. The number of benzene rings is 2. The Labute approximate surface area is 161 Å². The van der Waals surface area contributed by atoms with E-state index >= 15 is 0 Å².